The fourth-order valence-electron chi connectivity index (χ4n) is 2.77. The normalized spacial score (nSPS) is 18.7. The molecule has 0 saturated heterocycles. The number of nitrogens with one attached hydrogen (secondary N) is 1. The maximum atomic E-state index is 12.6. The number of alkyl halides is 6. The minimum absolute atomic E-state index is 0.0985. The first-order valence-electron chi connectivity index (χ1n) is 8.29. The van der Waals surface area contributed by atoms with Crippen LogP contribution in [0.4, 0.5) is 26.3 Å². The molecule has 0 bridgehead atoms. The lowest BCUT2D eigenvalue weighted by atomic mass is 9.95. The Balaban J connectivity index is 2.83. The average Bonchev–Trinajstić information content (AvgIpc) is 2.50. The van der Waals surface area contributed by atoms with Crippen LogP contribution in [0.3, 0.4) is 0 Å². The summed E-state index contributed by atoms with van der Waals surface area (Å²) in [6, 6.07) is -0.0985. The molecule has 3 N–H and O–H groups in total. The first-order chi connectivity index (χ1) is 12.6. The van der Waals surface area contributed by atoms with Crippen LogP contribution in [0, 0.1) is 0 Å². The molecule has 1 aliphatic carbocycles. The van der Waals surface area contributed by atoms with Gasteiger partial charge in [0.25, 0.3) is 15.7 Å². The molecule has 14 heteroatoms. The van der Waals surface area contributed by atoms with Gasteiger partial charge in [-0.1, -0.05) is 19.3 Å². The van der Waals surface area contributed by atoms with E-state index in [4.69, 9.17) is 9.66 Å². The van der Waals surface area contributed by atoms with Crippen molar-refractivity contribution in [3.8, 4) is 0 Å². The molecule has 0 heterocycles. The van der Waals surface area contributed by atoms with Crippen LogP contribution in [0.25, 0.3) is 0 Å². The summed E-state index contributed by atoms with van der Waals surface area (Å²) < 4.78 is 111. The highest BCUT2D eigenvalue weighted by molar-refractivity contribution is 7.85. The molecule has 0 aromatic carbocycles. The topological polar surface area (TPSA) is 113 Å². The van der Waals surface area contributed by atoms with E-state index in [-0.39, 0.29) is 6.04 Å². The van der Waals surface area contributed by atoms with Gasteiger partial charge in [-0.25, -0.2) is 0 Å². The standard InChI is InChI=1S/C14H21F6NO6S/c15-13(16,17)12(23,14(18,19)20)6-11(22)27-10(8-28(24,25)26)7-21-9-4-2-1-3-5-9/h9-10,21,23H,1-8H2,(H,24,25,26). The van der Waals surface area contributed by atoms with Gasteiger partial charge in [0.2, 0.25) is 0 Å². The third-order valence-corrected chi connectivity index (χ3v) is 5.07. The monoisotopic (exact) mass is 445 g/mol. The summed E-state index contributed by atoms with van der Waals surface area (Å²) in [6.45, 7) is -0.410. The van der Waals surface area contributed by atoms with E-state index in [0.29, 0.717) is 12.8 Å². The van der Waals surface area contributed by atoms with Crippen LogP contribution in [0.1, 0.15) is 38.5 Å². The summed E-state index contributed by atoms with van der Waals surface area (Å²) >= 11 is 0. The number of aliphatic hydroxyl groups is 1. The van der Waals surface area contributed by atoms with Crippen molar-refractivity contribution < 1.29 is 54.0 Å². The quantitative estimate of drug-likeness (QED) is 0.297. The van der Waals surface area contributed by atoms with Crippen LogP contribution in [-0.2, 0) is 19.6 Å². The predicted octanol–water partition coefficient (Wildman–Crippen LogP) is 1.95. The smallest absolute Gasteiger partial charge is 0.426 e. The summed E-state index contributed by atoms with van der Waals surface area (Å²) in [4.78, 5) is 11.6. The van der Waals surface area contributed by atoms with Crippen LogP contribution in [-0.4, -0.2) is 66.4 Å². The molecule has 0 amide bonds. The summed E-state index contributed by atoms with van der Waals surface area (Å²) in [5.41, 5.74) is -5.35. The Kier molecular flexibility index (Phi) is 8.13. The number of hydrogen-bond donors (Lipinski definition) is 3. The van der Waals surface area contributed by atoms with Gasteiger partial charge < -0.3 is 15.2 Å². The van der Waals surface area contributed by atoms with Crippen molar-refractivity contribution in [2.24, 2.45) is 0 Å². The van der Waals surface area contributed by atoms with Crippen molar-refractivity contribution in [1.29, 1.82) is 0 Å². The fraction of sp³-hybridized carbons (Fsp3) is 0.929. The van der Waals surface area contributed by atoms with Crippen molar-refractivity contribution in [2.75, 3.05) is 12.3 Å². The molecule has 1 fully saturated rings. The summed E-state index contributed by atoms with van der Waals surface area (Å²) in [6.07, 6.45) is -12.6. The van der Waals surface area contributed by atoms with E-state index < -0.39 is 58.9 Å². The van der Waals surface area contributed by atoms with E-state index in [9.17, 15) is 39.6 Å². The van der Waals surface area contributed by atoms with Crippen molar-refractivity contribution in [1.82, 2.24) is 5.32 Å². The second kappa shape index (κ2) is 9.13. The van der Waals surface area contributed by atoms with E-state index in [1.54, 1.807) is 0 Å². The molecule has 0 radical (unpaired) electrons. The van der Waals surface area contributed by atoms with E-state index >= 15 is 0 Å². The fourth-order valence-corrected chi connectivity index (χ4v) is 3.43. The molecule has 0 aliphatic heterocycles. The lowest BCUT2D eigenvalue weighted by Gasteiger charge is -2.32. The van der Waals surface area contributed by atoms with Crippen molar-refractivity contribution in [3.63, 3.8) is 0 Å². The van der Waals surface area contributed by atoms with Gasteiger partial charge in [0.15, 0.2) is 0 Å². The van der Waals surface area contributed by atoms with E-state index in [2.05, 4.69) is 10.1 Å². The van der Waals surface area contributed by atoms with Gasteiger partial charge in [-0.2, -0.15) is 34.8 Å². The van der Waals surface area contributed by atoms with Gasteiger partial charge in [0.1, 0.15) is 11.9 Å². The first kappa shape index (κ1) is 24.9. The molecule has 7 nitrogen and oxygen atoms in total. The highest BCUT2D eigenvalue weighted by atomic mass is 32.2. The Morgan fingerprint density at radius 2 is 1.57 bits per heavy atom. The Morgan fingerprint density at radius 3 is 2.00 bits per heavy atom. The van der Waals surface area contributed by atoms with Crippen LogP contribution in [0.2, 0.25) is 0 Å². The number of carbonyl (C=O) groups excluding carboxylic acids is 1. The van der Waals surface area contributed by atoms with Gasteiger partial charge in [0, 0.05) is 12.6 Å². The maximum absolute atomic E-state index is 12.6. The summed E-state index contributed by atoms with van der Waals surface area (Å²) in [5.74, 6) is -3.34. The Labute approximate surface area is 157 Å². The van der Waals surface area contributed by atoms with Crippen LogP contribution < -0.4 is 5.32 Å². The molecule has 1 rings (SSSR count). The molecule has 28 heavy (non-hydrogen) atoms. The highest BCUT2D eigenvalue weighted by Crippen LogP contribution is 2.45. The molecule has 0 aromatic rings. The van der Waals surface area contributed by atoms with E-state index in [1.807, 2.05) is 0 Å². The van der Waals surface area contributed by atoms with E-state index in [0.717, 1.165) is 19.3 Å². The van der Waals surface area contributed by atoms with Gasteiger partial charge in [-0.3, -0.25) is 9.35 Å². The number of hydrogen-bond acceptors (Lipinski definition) is 6. The number of esters is 1. The lowest BCUT2D eigenvalue weighted by molar-refractivity contribution is -0.368. The molecule has 0 aromatic heterocycles. The maximum Gasteiger partial charge on any atom is 0.426 e. The molecule has 1 atom stereocenters. The number of carbonyl (C=O) groups is 1. The number of ether oxygens (including phenoxy) is 1. The first-order valence-corrected chi connectivity index (χ1v) is 9.90. The second-order valence-corrected chi connectivity index (χ2v) is 8.13. The largest absolute Gasteiger partial charge is 0.460 e. The molecular weight excluding hydrogens is 424 g/mol. The highest BCUT2D eigenvalue weighted by Gasteiger charge is 2.71. The zero-order chi connectivity index (χ0) is 21.8. The van der Waals surface area contributed by atoms with Gasteiger partial charge in [-0.15, -0.1) is 0 Å². The molecule has 1 aliphatic rings. The Morgan fingerprint density at radius 1 is 1.07 bits per heavy atom. The van der Waals surface area contributed by atoms with Crippen LogP contribution >= 0.6 is 0 Å². The number of rotatable bonds is 8. The molecule has 1 unspecified atom stereocenters. The zero-order valence-corrected chi connectivity index (χ0v) is 15.3. The minimum atomic E-state index is -6.22. The van der Waals surface area contributed by atoms with E-state index in [1.165, 1.54) is 0 Å². The third-order valence-electron chi connectivity index (χ3n) is 4.27. The second-order valence-electron chi connectivity index (χ2n) is 6.64. The predicted molar refractivity (Wildman–Crippen MR) is 82.8 cm³/mol. The van der Waals surface area contributed by atoms with Crippen LogP contribution in [0.15, 0.2) is 0 Å². The Hall–Kier alpha value is -1.12. The minimum Gasteiger partial charge on any atom is -0.460 e. The zero-order valence-electron chi connectivity index (χ0n) is 14.5. The SMILES string of the molecule is O=C(CC(O)(C(F)(F)F)C(F)(F)F)OC(CNC1CCCCC1)CS(=O)(=O)O. The van der Waals surface area contributed by atoms with Gasteiger partial charge in [-0.05, 0) is 12.8 Å². The molecule has 166 valence electrons. The lowest BCUT2D eigenvalue weighted by Crippen LogP contribution is -2.58. The molecule has 1 saturated carbocycles. The van der Waals surface area contributed by atoms with Crippen molar-refractivity contribution >= 4 is 16.1 Å². The van der Waals surface area contributed by atoms with Crippen molar-refractivity contribution in [3.05, 3.63) is 0 Å². The molecule has 0 spiro atoms. The summed E-state index contributed by atoms with van der Waals surface area (Å²) in [7, 11) is -4.75. The van der Waals surface area contributed by atoms with Crippen LogP contribution in [0.5, 0.6) is 0 Å². The Bertz CT molecular complexity index is 615. The summed E-state index contributed by atoms with van der Waals surface area (Å²) in [5, 5.41) is 11.8. The molecular formula is C14H21F6NO6S. The third kappa shape index (κ3) is 7.37. The number of halogens is 6. The van der Waals surface area contributed by atoms with Gasteiger partial charge >= 0.3 is 18.3 Å². The van der Waals surface area contributed by atoms with Gasteiger partial charge in [0.05, 0.1) is 6.42 Å². The average molecular weight is 445 g/mol. The van der Waals surface area contributed by atoms with Crippen molar-refractivity contribution in [2.45, 2.75) is 68.6 Å².